The van der Waals surface area contributed by atoms with Crippen molar-refractivity contribution in [2.75, 3.05) is 44.1 Å². The Kier molecular flexibility index (Phi) is 7.67. The van der Waals surface area contributed by atoms with E-state index < -0.39 is 6.03 Å². The van der Waals surface area contributed by atoms with Crippen LogP contribution < -0.4 is 20.1 Å². The molecule has 1 aliphatic heterocycles. The minimum Gasteiger partial charge on any atom is -0.490 e. The molecule has 0 radical (unpaired) electrons. The van der Waals surface area contributed by atoms with E-state index in [0.29, 0.717) is 54.7 Å². The number of nitrogens with zero attached hydrogens (tertiary/aromatic N) is 1. The van der Waals surface area contributed by atoms with Crippen LogP contribution in [0, 0.1) is 0 Å². The van der Waals surface area contributed by atoms with Gasteiger partial charge >= 0.3 is 6.03 Å². The molecule has 9 heteroatoms. The SMILES string of the molecule is CCOc1ccc(NC(=O)Nc2ccc3c(c2)C(=O)N(CCCOC)C3=O)cc1OCC. The zero-order valence-corrected chi connectivity index (χ0v) is 18.4. The average Bonchev–Trinajstić information content (AvgIpc) is 3.00. The lowest BCUT2D eigenvalue weighted by molar-refractivity contribution is 0.0638. The first-order chi connectivity index (χ1) is 15.5. The number of fused-ring (bicyclic) bond motifs is 1. The Hall–Kier alpha value is -3.59. The van der Waals surface area contributed by atoms with E-state index in [2.05, 4.69) is 10.6 Å². The summed E-state index contributed by atoms with van der Waals surface area (Å²) in [6.45, 7) is 5.43. The second-order valence-electron chi connectivity index (χ2n) is 6.98. The van der Waals surface area contributed by atoms with Crippen molar-refractivity contribution < 1.29 is 28.6 Å². The van der Waals surface area contributed by atoms with E-state index in [4.69, 9.17) is 14.2 Å². The highest BCUT2D eigenvalue weighted by molar-refractivity contribution is 6.22. The normalized spacial score (nSPS) is 12.5. The molecule has 0 saturated heterocycles. The van der Waals surface area contributed by atoms with Gasteiger partial charge < -0.3 is 24.8 Å². The molecule has 2 aromatic rings. The maximum Gasteiger partial charge on any atom is 0.323 e. The molecule has 2 aromatic carbocycles. The third-order valence-corrected chi connectivity index (χ3v) is 4.76. The van der Waals surface area contributed by atoms with Crippen LogP contribution in [0.2, 0.25) is 0 Å². The van der Waals surface area contributed by atoms with E-state index >= 15 is 0 Å². The van der Waals surface area contributed by atoms with E-state index in [1.54, 1.807) is 37.4 Å². The summed E-state index contributed by atoms with van der Waals surface area (Å²) in [5.74, 6) is 0.410. The molecule has 1 aliphatic rings. The van der Waals surface area contributed by atoms with Gasteiger partial charge in [0.2, 0.25) is 0 Å². The van der Waals surface area contributed by atoms with Crippen molar-refractivity contribution in [2.24, 2.45) is 0 Å². The summed E-state index contributed by atoms with van der Waals surface area (Å²) in [6.07, 6.45) is 0.557. The molecule has 170 valence electrons. The monoisotopic (exact) mass is 441 g/mol. The molecule has 9 nitrogen and oxygen atoms in total. The smallest absolute Gasteiger partial charge is 0.323 e. The van der Waals surface area contributed by atoms with Crippen LogP contribution in [0.25, 0.3) is 0 Å². The topological polar surface area (TPSA) is 106 Å². The lowest BCUT2D eigenvalue weighted by Crippen LogP contribution is -2.31. The number of amides is 4. The van der Waals surface area contributed by atoms with Crippen molar-refractivity contribution in [2.45, 2.75) is 20.3 Å². The van der Waals surface area contributed by atoms with Crippen molar-refractivity contribution in [3.05, 3.63) is 47.5 Å². The predicted octanol–water partition coefficient (Wildman–Crippen LogP) is 3.76. The second-order valence-corrected chi connectivity index (χ2v) is 6.98. The number of carbonyl (C=O) groups excluding carboxylic acids is 3. The highest BCUT2D eigenvalue weighted by atomic mass is 16.5. The first-order valence-corrected chi connectivity index (χ1v) is 10.4. The van der Waals surface area contributed by atoms with E-state index in [0.717, 1.165) is 0 Å². The van der Waals surface area contributed by atoms with Gasteiger partial charge in [-0.2, -0.15) is 0 Å². The summed E-state index contributed by atoms with van der Waals surface area (Å²) in [5, 5.41) is 5.42. The fraction of sp³-hybridized carbons (Fsp3) is 0.348. The van der Waals surface area contributed by atoms with Gasteiger partial charge in [-0.1, -0.05) is 0 Å². The van der Waals surface area contributed by atoms with Crippen molar-refractivity contribution in [1.29, 1.82) is 0 Å². The third-order valence-electron chi connectivity index (χ3n) is 4.76. The molecule has 0 aromatic heterocycles. The molecule has 0 fully saturated rings. The molecule has 3 rings (SSSR count). The Bertz CT molecular complexity index is 1010. The van der Waals surface area contributed by atoms with Gasteiger partial charge in [-0.05, 0) is 50.6 Å². The van der Waals surface area contributed by atoms with Gasteiger partial charge in [0, 0.05) is 37.7 Å². The number of rotatable bonds is 10. The Morgan fingerprint density at radius 1 is 0.875 bits per heavy atom. The molecule has 2 N–H and O–H groups in total. The Labute approximate surface area is 186 Å². The number of ether oxygens (including phenoxy) is 3. The van der Waals surface area contributed by atoms with Gasteiger partial charge in [0.25, 0.3) is 11.8 Å². The van der Waals surface area contributed by atoms with Crippen LogP contribution in [-0.4, -0.2) is 56.2 Å². The third kappa shape index (κ3) is 5.17. The molecule has 0 aliphatic carbocycles. The van der Waals surface area contributed by atoms with Gasteiger partial charge in [0.1, 0.15) is 0 Å². The molecule has 0 atom stereocenters. The van der Waals surface area contributed by atoms with Crippen LogP contribution in [0.4, 0.5) is 16.2 Å². The minimum absolute atomic E-state index is 0.268. The summed E-state index contributed by atoms with van der Waals surface area (Å²) >= 11 is 0. The van der Waals surface area contributed by atoms with Crippen molar-refractivity contribution in [3.8, 4) is 11.5 Å². The molecule has 0 saturated carbocycles. The van der Waals surface area contributed by atoms with Crippen LogP contribution in [0.1, 0.15) is 41.0 Å². The van der Waals surface area contributed by atoms with Gasteiger partial charge in [0.05, 0.1) is 24.3 Å². The number of hydrogen-bond donors (Lipinski definition) is 2. The molecule has 1 heterocycles. The first-order valence-electron chi connectivity index (χ1n) is 10.4. The molecular weight excluding hydrogens is 414 g/mol. The number of nitrogens with one attached hydrogen (secondary N) is 2. The average molecular weight is 441 g/mol. The van der Waals surface area contributed by atoms with Crippen molar-refractivity contribution in [1.82, 2.24) is 4.90 Å². The van der Waals surface area contributed by atoms with Gasteiger partial charge in [-0.25, -0.2) is 4.79 Å². The predicted molar refractivity (Wildman–Crippen MR) is 120 cm³/mol. The molecule has 0 spiro atoms. The van der Waals surface area contributed by atoms with Crippen LogP contribution in [0.3, 0.4) is 0 Å². The summed E-state index contributed by atoms with van der Waals surface area (Å²) in [5.41, 5.74) is 1.51. The lowest BCUT2D eigenvalue weighted by Gasteiger charge is -2.13. The molecule has 4 amide bonds. The summed E-state index contributed by atoms with van der Waals surface area (Å²) in [6, 6.07) is 9.26. The van der Waals surface area contributed by atoms with Gasteiger partial charge in [-0.15, -0.1) is 0 Å². The summed E-state index contributed by atoms with van der Waals surface area (Å²) in [7, 11) is 1.57. The fourth-order valence-electron chi connectivity index (χ4n) is 3.36. The van der Waals surface area contributed by atoms with Crippen LogP contribution in [0.15, 0.2) is 36.4 Å². The second kappa shape index (κ2) is 10.6. The van der Waals surface area contributed by atoms with E-state index in [1.165, 1.54) is 11.0 Å². The number of anilines is 2. The highest BCUT2D eigenvalue weighted by Crippen LogP contribution is 2.31. The number of benzene rings is 2. The van der Waals surface area contributed by atoms with Crippen LogP contribution in [0.5, 0.6) is 11.5 Å². The number of imide groups is 1. The lowest BCUT2D eigenvalue weighted by atomic mass is 10.1. The van der Waals surface area contributed by atoms with E-state index in [-0.39, 0.29) is 23.9 Å². The van der Waals surface area contributed by atoms with Crippen molar-refractivity contribution in [3.63, 3.8) is 0 Å². The maximum atomic E-state index is 12.6. The Morgan fingerprint density at radius 2 is 1.50 bits per heavy atom. The van der Waals surface area contributed by atoms with Crippen LogP contribution in [-0.2, 0) is 4.74 Å². The largest absolute Gasteiger partial charge is 0.490 e. The number of urea groups is 1. The Balaban J connectivity index is 1.68. The molecule has 0 bridgehead atoms. The molecule has 32 heavy (non-hydrogen) atoms. The number of carbonyl (C=O) groups is 3. The highest BCUT2D eigenvalue weighted by Gasteiger charge is 2.35. The quantitative estimate of drug-likeness (QED) is 0.430. The van der Waals surface area contributed by atoms with Gasteiger partial charge in [-0.3, -0.25) is 14.5 Å². The number of hydrogen-bond acceptors (Lipinski definition) is 6. The van der Waals surface area contributed by atoms with Crippen molar-refractivity contribution >= 4 is 29.2 Å². The minimum atomic E-state index is -0.495. The zero-order valence-electron chi connectivity index (χ0n) is 18.4. The molecule has 0 unspecified atom stereocenters. The van der Waals surface area contributed by atoms with Gasteiger partial charge in [0.15, 0.2) is 11.5 Å². The standard InChI is InChI=1S/C23H27N3O6/c1-4-31-19-10-8-16(14-20(19)32-5-2)25-23(29)24-15-7-9-17-18(13-15)22(28)26(21(17)27)11-6-12-30-3/h7-10,13-14H,4-6,11-12H2,1-3H3,(H2,24,25,29). The summed E-state index contributed by atoms with van der Waals surface area (Å²) < 4.78 is 16.1. The zero-order chi connectivity index (χ0) is 23.1. The fourth-order valence-corrected chi connectivity index (χ4v) is 3.36. The number of methoxy groups -OCH3 is 1. The molecular formula is C23H27N3O6. The first kappa shape index (κ1) is 23.1. The van der Waals surface area contributed by atoms with Crippen LogP contribution >= 0.6 is 0 Å². The van der Waals surface area contributed by atoms with E-state index in [1.807, 2.05) is 13.8 Å². The van der Waals surface area contributed by atoms with E-state index in [9.17, 15) is 14.4 Å². The summed E-state index contributed by atoms with van der Waals surface area (Å²) in [4.78, 5) is 38.8. The maximum absolute atomic E-state index is 12.6. The Morgan fingerprint density at radius 3 is 2.19 bits per heavy atom.